The van der Waals surface area contributed by atoms with Gasteiger partial charge in [-0.25, -0.2) is 4.57 Å². The molecule has 0 amide bonds. The smallest absolute Gasteiger partial charge is 0.216 e. The highest BCUT2D eigenvalue weighted by molar-refractivity contribution is 6.14. The standard InChI is InChI=1S/C36H31N2O/c1-23-12-18-30-31-19-17-28(21-37)34(26-15-13-25(14-16-26)24-8-4-3-5-9-24)36(31)39-35(30)33(23)32-20-27-10-6-7-11-29(27)22-38(32)2/h6-7,10-20,22,24H,3-5,8-9H2,1-2H3/q+1. The third kappa shape index (κ3) is 3.91. The van der Waals surface area contributed by atoms with Crippen molar-refractivity contribution in [1.82, 2.24) is 0 Å². The second kappa shape index (κ2) is 9.40. The number of nitrogens with zero attached hydrogens (tertiary/aromatic N) is 2. The molecule has 3 nitrogen and oxygen atoms in total. The first-order valence-corrected chi connectivity index (χ1v) is 14.0. The normalized spacial score (nSPS) is 14.3. The SMILES string of the molecule is Cc1ccc2c(oc3c(-c4ccc(C5CCCCC5)cc4)c(C#N)ccc32)c1-c1cc2ccccc2c[n+]1C. The van der Waals surface area contributed by atoms with Crippen LogP contribution in [0.5, 0.6) is 0 Å². The van der Waals surface area contributed by atoms with Crippen molar-refractivity contribution < 1.29 is 8.98 Å². The van der Waals surface area contributed by atoms with Crippen LogP contribution in [0.1, 0.15) is 54.7 Å². The Balaban J connectivity index is 1.44. The van der Waals surface area contributed by atoms with Gasteiger partial charge in [-0.05, 0) is 66.0 Å². The van der Waals surface area contributed by atoms with Crippen LogP contribution in [0.15, 0.2) is 89.5 Å². The van der Waals surface area contributed by atoms with Crippen LogP contribution in [0.4, 0.5) is 0 Å². The average molecular weight is 508 g/mol. The van der Waals surface area contributed by atoms with E-state index in [1.165, 1.54) is 48.4 Å². The third-order valence-corrected chi connectivity index (χ3v) is 8.67. The molecule has 2 heterocycles. The molecule has 0 unspecified atom stereocenters. The van der Waals surface area contributed by atoms with Gasteiger partial charge in [0.15, 0.2) is 6.20 Å². The van der Waals surface area contributed by atoms with Crippen molar-refractivity contribution >= 4 is 32.7 Å². The molecule has 0 bridgehead atoms. The van der Waals surface area contributed by atoms with Crippen molar-refractivity contribution in [2.45, 2.75) is 44.9 Å². The number of furan rings is 1. The van der Waals surface area contributed by atoms with Gasteiger partial charge in [0, 0.05) is 27.8 Å². The largest absolute Gasteiger partial charge is 0.454 e. The summed E-state index contributed by atoms with van der Waals surface area (Å²) in [5.41, 5.74) is 8.97. The quantitative estimate of drug-likeness (QED) is 0.224. The van der Waals surface area contributed by atoms with E-state index in [0.717, 1.165) is 49.9 Å². The van der Waals surface area contributed by atoms with Crippen LogP contribution in [0.2, 0.25) is 0 Å². The maximum absolute atomic E-state index is 10.1. The van der Waals surface area contributed by atoms with Crippen molar-refractivity contribution in [2.75, 3.05) is 0 Å². The molecule has 1 aliphatic carbocycles. The van der Waals surface area contributed by atoms with E-state index in [0.29, 0.717) is 11.5 Å². The minimum absolute atomic E-state index is 0.640. The molecule has 1 aliphatic rings. The molecule has 4 aromatic carbocycles. The predicted octanol–water partition coefficient (Wildman–Crippen LogP) is 9.13. The molecule has 39 heavy (non-hydrogen) atoms. The van der Waals surface area contributed by atoms with E-state index in [1.807, 2.05) is 12.1 Å². The van der Waals surface area contributed by atoms with Gasteiger partial charge in [-0.2, -0.15) is 5.26 Å². The number of rotatable bonds is 3. The van der Waals surface area contributed by atoms with Gasteiger partial charge in [0.1, 0.15) is 18.2 Å². The predicted molar refractivity (Wildman–Crippen MR) is 159 cm³/mol. The number of aryl methyl sites for hydroxylation is 2. The maximum Gasteiger partial charge on any atom is 0.216 e. The molecule has 0 atom stereocenters. The van der Waals surface area contributed by atoms with E-state index < -0.39 is 0 Å². The van der Waals surface area contributed by atoms with Crippen LogP contribution in [0, 0.1) is 18.3 Å². The Bertz CT molecular complexity index is 1920. The molecule has 0 aliphatic heterocycles. The molecule has 0 saturated heterocycles. The van der Waals surface area contributed by atoms with Crippen molar-refractivity contribution in [3.63, 3.8) is 0 Å². The van der Waals surface area contributed by atoms with Crippen LogP contribution in [-0.4, -0.2) is 0 Å². The number of hydrogen-bond acceptors (Lipinski definition) is 2. The highest BCUT2D eigenvalue weighted by Gasteiger charge is 2.24. The van der Waals surface area contributed by atoms with Gasteiger partial charge in [0.2, 0.25) is 5.69 Å². The Morgan fingerprint density at radius 2 is 1.49 bits per heavy atom. The van der Waals surface area contributed by atoms with Crippen LogP contribution in [-0.2, 0) is 7.05 Å². The van der Waals surface area contributed by atoms with Gasteiger partial charge in [-0.3, -0.25) is 0 Å². The van der Waals surface area contributed by atoms with Crippen LogP contribution in [0.3, 0.4) is 0 Å². The van der Waals surface area contributed by atoms with Gasteiger partial charge in [0.25, 0.3) is 0 Å². The molecule has 190 valence electrons. The molecular formula is C36H31N2O+. The third-order valence-electron chi connectivity index (χ3n) is 8.67. The summed E-state index contributed by atoms with van der Waals surface area (Å²) in [5.74, 6) is 0.651. The minimum atomic E-state index is 0.640. The van der Waals surface area contributed by atoms with E-state index in [1.54, 1.807) is 0 Å². The van der Waals surface area contributed by atoms with Gasteiger partial charge in [0.05, 0.1) is 17.2 Å². The lowest BCUT2D eigenvalue weighted by Crippen LogP contribution is -2.30. The van der Waals surface area contributed by atoms with Crippen molar-refractivity contribution in [3.8, 4) is 28.5 Å². The molecule has 0 radical (unpaired) electrons. The average Bonchev–Trinajstić information content (AvgIpc) is 3.35. The Morgan fingerprint density at radius 1 is 0.795 bits per heavy atom. The molecule has 0 spiro atoms. The molecular weight excluding hydrogens is 476 g/mol. The van der Waals surface area contributed by atoms with E-state index >= 15 is 0 Å². The lowest BCUT2D eigenvalue weighted by atomic mass is 9.83. The van der Waals surface area contributed by atoms with E-state index in [-0.39, 0.29) is 0 Å². The van der Waals surface area contributed by atoms with Crippen LogP contribution < -0.4 is 4.57 Å². The number of pyridine rings is 1. The van der Waals surface area contributed by atoms with E-state index in [4.69, 9.17) is 4.42 Å². The Labute approximate surface area is 228 Å². The Hall–Kier alpha value is -4.42. The monoisotopic (exact) mass is 507 g/mol. The summed E-state index contributed by atoms with van der Waals surface area (Å²) in [6.45, 7) is 2.14. The van der Waals surface area contributed by atoms with Gasteiger partial charge < -0.3 is 4.42 Å². The van der Waals surface area contributed by atoms with Crippen LogP contribution in [0.25, 0.3) is 55.1 Å². The highest BCUT2D eigenvalue weighted by Crippen LogP contribution is 2.42. The second-order valence-corrected chi connectivity index (χ2v) is 11.1. The highest BCUT2D eigenvalue weighted by atomic mass is 16.3. The fraction of sp³-hybridized carbons (Fsp3) is 0.222. The number of nitriles is 1. The fourth-order valence-electron chi connectivity index (χ4n) is 6.59. The zero-order valence-corrected chi connectivity index (χ0v) is 22.5. The second-order valence-electron chi connectivity index (χ2n) is 11.1. The Morgan fingerprint density at radius 3 is 2.23 bits per heavy atom. The molecule has 1 fully saturated rings. The molecule has 2 aromatic heterocycles. The number of hydrogen-bond donors (Lipinski definition) is 0. The zero-order chi connectivity index (χ0) is 26.5. The summed E-state index contributed by atoms with van der Waals surface area (Å²) in [4.78, 5) is 0. The molecule has 1 saturated carbocycles. The van der Waals surface area contributed by atoms with Crippen LogP contribution >= 0.6 is 0 Å². The summed E-state index contributed by atoms with van der Waals surface area (Å²) in [6, 6.07) is 30.3. The molecule has 6 aromatic rings. The number of benzene rings is 4. The number of fused-ring (bicyclic) bond motifs is 4. The summed E-state index contributed by atoms with van der Waals surface area (Å²) >= 11 is 0. The zero-order valence-electron chi connectivity index (χ0n) is 22.5. The summed E-state index contributed by atoms with van der Waals surface area (Å²) in [5, 5.41) is 14.6. The first kappa shape index (κ1) is 23.7. The summed E-state index contributed by atoms with van der Waals surface area (Å²) in [7, 11) is 2.09. The topological polar surface area (TPSA) is 40.8 Å². The lowest BCUT2D eigenvalue weighted by molar-refractivity contribution is -0.659. The summed E-state index contributed by atoms with van der Waals surface area (Å²) < 4.78 is 8.98. The van der Waals surface area contributed by atoms with Gasteiger partial charge in [-0.1, -0.05) is 73.9 Å². The lowest BCUT2D eigenvalue weighted by Gasteiger charge is -2.22. The van der Waals surface area contributed by atoms with Gasteiger partial charge in [-0.15, -0.1) is 0 Å². The molecule has 0 N–H and O–H groups in total. The van der Waals surface area contributed by atoms with Gasteiger partial charge >= 0.3 is 0 Å². The fourth-order valence-corrected chi connectivity index (χ4v) is 6.59. The number of aromatic nitrogens is 1. The Kier molecular flexibility index (Phi) is 5.71. The first-order valence-electron chi connectivity index (χ1n) is 14.0. The van der Waals surface area contributed by atoms with E-state index in [2.05, 4.69) is 97.5 Å². The first-order chi connectivity index (χ1) is 19.1. The molecule has 3 heteroatoms. The maximum atomic E-state index is 10.1. The van der Waals surface area contributed by atoms with Crippen molar-refractivity contribution in [2.24, 2.45) is 7.05 Å². The molecule has 7 rings (SSSR count). The summed E-state index contributed by atoms with van der Waals surface area (Å²) in [6.07, 6.45) is 8.72. The van der Waals surface area contributed by atoms with E-state index in [9.17, 15) is 5.26 Å². The minimum Gasteiger partial charge on any atom is -0.454 e. The van der Waals surface area contributed by atoms with Crippen molar-refractivity contribution in [1.29, 1.82) is 5.26 Å². The van der Waals surface area contributed by atoms with Crippen molar-refractivity contribution in [3.05, 3.63) is 102 Å².